The first kappa shape index (κ1) is 15.9. The zero-order valence-corrected chi connectivity index (χ0v) is 12.6. The average molecular weight is 276 g/mol. The lowest BCUT2D eigenvalue weighted by atomic mass is 10.3. The van der Waals surface area contributed by atoms with Gasteiger partial charge in [-0.1, -0.05) is 13.8 Å². The van der Waals surface area contributed by atoms with Crippen LogP contribution >= 0.6 is 0 Å². The SMILES string of the molecule is CCCNCCCCS(=O)(=O)N(CC)CC1CC1. The van der Waals surface area contributed by atoms with Crippen molar-refractivity contribution in [3.63, 3.8) is 0 Å². The number of rotatable bonds is 11. The second-order valence-corrected chi connectivity index (χ2v) is 7.26. The summed E-state index contributed by atoms with van der Waals surface area (Å²) in [4.78, 5) is 0. The molecule has 1 rings (SSSR count). The van der Waals surface area contributed by atoms with Crippen molar-refractivity contribution in [2.75, 3.05) is 31.9 Å². The third-order valence-corrected chi connectivity index (χ3v) is 5.34. The second kappa shape index (κ2) is 8.12. The Morgan fingerprint density at radius 3 is 2.44 bits per heavy atom. The molecule has 1 N–H and O–H groups in total. The van der Waals surface area contributed by atoms with Gasteiger partial charge >= 0.3 is 0 Å². The first-order valence-corrected chi connectivity index (χ1v) is 8.89. The summed E-state index contributed by atoms with van der Waals surface area (Å²) in [5.74, 6) is 0.937. The highest BCUT2D eigenvalue weighted by atomic mass is 32.2. The fourth-order valence-corrected chi connectivity index (χ4v) is 3.65. The largest absolute Gasteiger partial charge is 0.317 e. The van der Waals surface area contributed by atoms with Crippen LogP contribution in [-0.4, -0.2) is 44.7 Å². The third-order valence-electron chi connectivity index (χ3n) is 3.34. The van der Waals surface area contributed by atoms with Gasteiger partial charge in [0.25, 0.3) is 0 Å². The van der Waals surface area contributed by atoms with Gasteiger partial charge in [-0.05, 0) is 51.1 Å². The van der Waals surface area contributed by atoms with Crippen molar-refractivity contribution in [3.05, 3.63) is 0 Å². The standard InChI is InChI=1S/C13H28N2O2S/c1-3-9-14-10-5-6-11-18(16,17)15(4-2)12-13-7-8-13/h13-14H,3-12H2,1-2H3. The molecular weight excluding hydrogens is 248 g/mol. The van der Waals surface area contributed by atoms with Gasteiger partial charge in [-0.15, -0.1) is 0 Å². The Balaban J connectivity index is 2.20. The molecule has 0 aromatic rings. The van der Waals surface area contributed by atoms with Crippen LogP contribution in [0.25, 0.3) is 0 Å². The molecule has 0 heterocycles. The summed E-state index contributed by atoms with van der Waals surface area (Å²) in [5, 5.41) is 3.30. The van der Waals surface area contributed by atoms with Gasteiger partial charge in [-0.2, -0.15) is 0 Å². The van der Waals surface area contributed by atoms with Crippen LogP contribution in [0.15, 0.2) is 0 Å². The summed E-state index contributed by atoms with van der Waals surface area (Å²) in [6.07, 6.45) is 5.24. The Labute approximate surface area is 112 Å². The van der Waals surface area contributed by atoms with Gasteiger partial charge in [-0.3, -0.25) is 0 Å². The van der Waals surface area contributed by atoms with E-state index in [4.69, 9.17) is 0 Å². The van der Waals surface area contributed by atoms with Gasteiger partial charge in [0.05, 0.1) is 5.75 Å². The Bertz CT molecular complexity index is 313. The molecule has 0 aliphatic heterocycles. The van der Waals surface area contributed by atoms with E-state index < -0.39 is 10.0 Å². The monoisotopic (exact) mass is 276 g/mol. The molecule has 0 saturated heterocycles. The molecule has 4 nitrogen and oxygen atoms in total. The van der Waals surface area contributed by atoms with E-state index in [2.05, 4.69) is 12.2 Å². The average Bonchev–Trinajstić information content (AvgIpc) is 3.14. The highest BCUT2D eigenvalue weighted by molar-refractivity contribution is 7.89. The topological polar surface area (TPSA) is 49.4 Å². The zero-order valence-electron chi connectivity index (χ0n) is 11.8. The lowest BCUT2D eigenvalue weighted by molar-refractivity contribution is 0.410. The maximum absolute atomic E-state index is 12.1. The summed E-state index contributed by atoms with van der Waals surface area (Å²) in [6, 6.07) is 0. The highest BCUT2D eigenvalue weighted by Gasteiger charge is 2.29. The highest BCUT2D eigenvalue weighted by Crippen LogP contribution is 2.30. The summed E-state index contributed by atoms with van der Waals surface area (Å²) in [6.45, 7) is 7.38. The maximum atomic E-state index is 12.1. The molecule has 0 amide bonds. The molecule has 0 unspecified atom stereocenters. The van der Waals surface area contributed by atoms with E-state index in [1.165, 1.54) is 12.8 Å². The van der Waals surface area contributed by atoms with Crippen LogP contribution in [0.5, 0.6) is 0 Å². The second-order valence-electron chi connectivity index (χ2n) is 5.17. The van der Waals surface area contributed by atoms with Crippen molar-refractivity contribution < 1.29 is 8.42 Å². The summed E-state index contributed by atoms with van der Waals surface area (Å²) >= 11 is 0. The van der Waals surface area contributed by atoms with E-state index in [1.54, 1.807) is 4.31 Å². The first-order chi connectivity index (χ1) is 8.60. The Morgan fingerprint density at radius 2 is 1.89 bits per heavy atom. The number of hydrogen-bond donors (Lipinski definition) is 1. The quantitative estimate of drug-likeness (QED) is 0.586. The molecule has 108 valence electrons. The van der Waals surface area contributed by atoms with Crippen molar-refractivity contribution in [2.45, 2.75) is 46.0 Å². The zero-order chi connectivity index (χ0) is 13.4. The molecule has 1 aliphatic carbocycles. The van der Waals surface area contributed by atoms with Gasteiger partial charge in [0.15, 0.2) is 0 Å². The van der Waals surface area contributed by atoms with E-state index in [-0.39, 0.29) is 0 Å². The minimum Gasteiger partial charge on any atom is -0.317 e. The molecule has 1 aliphatic rings. The van der Waals surface area contributed by atoms with E-state index in [1.807, 2.05) is 6.92 Å². The summed E-state index contributed by atoms with van der Waals surface area (Å²) in [5.41, 5.74) is 0. The third kappa shape index (κ3) is 6.16. The Kier molecular flexibility index (Phi) is 7.19. The Hall–Kier alpha value is -0.130. The number of unbranched alkanes of at least 4 members (excludes halogenated alkanes) is 1. The molecule has 0 radical (unpaired) electrons. The molecule has 0 atom stereocenters. The van der Waals surface area contributed by atoms with Crippen molar-refractivity contribution in [1.29, 1.82) is 0 Å². The van der Waals surface area contributed by atoms with Crippen LogP contribution < -0.4 is 5.32 Å². The van der Waals surface area contributed by atoms with Gasteiger partial charge in [0.2, 0.25) is 10.0 Å². The molecular formula is C13H28N2O2S. The number of nitrogens with one attached hydrogen (secondary N) is 1. The fourth-order valence-electron chi connectivity index (χ4n) is 1.99. The van der Waals surface area contributed by atoms with Crippen LogP contribution in [0.4, 0.5) is 0 Å². The normalized spacial score (nSPS) is 16.4. The Morgan fingerprint density at radius 1 is 1.17 bits per heavy atom. The minimum atomic E-state index is -3.01. The van der Waals surface area contributed by atoms with Crippen molar-refractivity contribution >= 4 is 10.0 Å². The smallest absolute Gasteiger partial charge is 0.214 e. The fraction of sp³-hybridized carbons (Fsp3) is 1.00. The van der Waals surface area contributed by atoms with E-state index in [0.717, 1.165) is 38.9 Å². The number of nitrogens with zero attached hydrogens (tertiary/aromatic N) is 1. The van der Waals surface area contributed by atoms with Gasteiger partial charge in [0.1, 0.15) is 0 Å². The lowest BCUT2D eigenvalue weighted by Gasteiger charge is -2.20. The lowest BCUT2D eigenvalue weighted by Crippen LogP contribution is -2.34. The summed E-state index contributed by atoms with van der Waals surface area (Å²) in [7, 11) is -3.01. The molecule has 1 fully saturated rings. The number of hydrogen-bond acceptors (Lipinski definition) is 3. The molecule has 0 bridgehead atoms. The van der Waals surface area contributed by atoms with Gasteiger partial charge in [-0.25, -0.2) is 12.7 Å². The van der Waals surface area contributed by atoms with Gasteiger partial charge < -0.3 is 5.32 Å². The molecule has 0 spiro atoms. The van der Waals surface area contributed by atoms with E-state index >= 15 is 0 Å². The molecule has 18 heavy (non-hydrogen) atoms. The van der Waals surface area contributed by atoms with Gasteiger partial charge in [0, 0.05) is 13.1 Å². The van der Waals surface area contributed by atoms with Crippen LogP contribution in [0, 0.1) is 5.92 Å². The molecule has 1 saturated carbocycles. The van der Waals surface area contributed by atoms with Crippen molar-refractivity contribution in [2.24, 2.45) is 5.92 Å². The number of sulfonamides is 1. The van der Waals surface area contributed by atoms with Crippen LogP contribution in [0.2, 0.25) is 0 Å². The van der Waals surface area contributed by atoms with E-state index in [0.29, 0.717) is 18.2 Å². The predicted octanol–water partition coefficient (Wildman–Crippen LogP) is 1.83. The molecule has 0 aromatic carbocycles. The summed E-state index contributed by atoms with van der Waals surface area (Å²) < 4.78 is 25.9. The van der Waals surface area contributed by atoms with Crippen LogP contribution in [0.3, 0.4) is 0 Å². The minimum absolute atomic E-state index is 0.307. The first-order valence-electron chi connectivity index (χ1n) is 7.28. The van der Waals surface area contributed by atoms with Crippen LogP contribution in [0.1, 0.15) is 46.0 Å². The van der Waals surface area contributed by atoms with E-state index in [9.17, 15) is 8.42 Å². The predicted molar refractivity (Wildman–Crippen MR) is 76.2 cm³/mol. The van der Waals surface area contributed by atoms with Crippen LogP contribution in [-0.2, 0) is 10.0 Å². The van der Waals surface area contributed by atoms with Crippen molar-refractivity contribution in [1.82, 2.24) is 9.62 Å². The maximum Gasteiger partial charge on any atom is 0.214 e. The molecule has 0 aromatic heterocycles. The van der Waals surface area contributed by atoms with Crippen molar-refractivity contribution in [3.8, 4) is 0 Å². The molecule has 5 heteroatoms.